The molecule has 0 saturated heterocycles. The molecule has 0 unspecified atom stereocenters. The van der Waals surface area contributed by atoms with Gasteiger partial charge in [-0.1, -0.05) is 30.3 Å². The molecule has 0 radical (unpaired) electrons. The van der Waals surface area contributed by atoms with Crippen LogP contribution in [0.2, 0.25) is 0 Å². The van der Waals surface area contributed by atoms with Crippen molar-refractivity contribution >= 4 is 16.8 Å². The van der Waals surface area contributed by atoms with Gasteiger partial charge >= 0.3 is 0 Å². The first-order valence-electron chi connectivity index (χ1n) is 7.02. The van der Waals surface area contributed by atoms with E-state index < -0.39 is 0 Å². The minimum Gasteiger partial charge on any atom is -0.294 e. The Morgan fingerprint density at radius 3 is 2.52 bits per heavy atom. The molecule has 21 heavy (non-hydrogen) atoms. The number of rotatable bonds is 3. The first-order valence-corrected chi connectivity index (χ1v) is 7.02. The molecule has 0 aliphatic heterocycles. The summed E-state index contributed by atoms with van der Waals surface area (Å²) in [5, 5.41) is 5.19. The van der Waals surface area contributed by atoms with Gasteiger partial charge in [-0.2, -0.15) is 5.10 Å². The average Bonchev–Trinajstić information content (AvgIpc) is 2.90. The number of pyridine rings is 1. The van der Waals surface area contributed by atoms with Crippen LogP contribution in [0.5, 0.6) is 0 Å². The van der Waals surface area contributed by atoms with E-state index in [-0.39, 0.29) is 11.8 Å². The molecule has 0 spiro atoms. The SMILES string of the molecule is CC(=O)c1cc(-c2ccccc2)nc2c1cnn2C(C)C. The second-order valence-corrected chi connectivity index (χ2v) is 5.40. The molecule has 0 atom stereocenters. The van der Waals surface area contributed by atoms with Crippen LogP contribution in [0.4, 0.5) is 0 Å². The molecule has 106 valence electrons. The van der Waals surface area contributed by atoms with Crippen molar-refractivity contribution in [1.82, 2.24) is 14.8 Å². The number of benzene rings is 1. The van der Waals surface area contributed by atoms with Crippen LogP contribution in [0, 0.1) is 0 Å². The Balaban J connectivity index is 2.32. The monoisotopic (exact) mass is 279 g/mol. The van der Waals surface area contributed by atoms with Crippen LogP contribution < -0.4 is 0 Å². The first-order chi connectivity index (χ1) is 10.1. The van der Waals surface area contributed by atoms with Crippen LogP contribution in [0.15, 0.2) is 42.6 Å². The number of nitrogens with zero attached hydrogens (tertiary/aromatic N) is 3. The van der Waals surface area contributed by atoms with E-state index in [0.717, 1.165) is 22.3 Å². The van der Waals surface area contributed by atoms with Gasteiger partial charge in [0.1, 0.15) is 0 Å². The van der Waals surface area contributed by atoms with Gasteiger partial charge in [-0.3, -0.25) is 4.79 Å². The Morgan fingerprint density at radius 2 is 1.90 bits per heavy atom. The lowest BCUT2D eigenvalue weighted by Crippen LogP contribution is -2.05. The zero-order valence-electron chi connectivity index (χ0n) is 12.4. The molecule has 1 aromatic carbocycles. The molecule has 0 N–H and O–H groups in total. The summed E-state index contributed by atoms with van der Waals surface area (Å²) in [6.45, 7) is 5.68. The van der Waals surface area contributed by atoms with Crippen molar-refractivity contribution in [3.63, 3.8) is 0 Å². The lowest BCUT2D eigenvalue weighted by Gasteiger charge is -2.09. The van der Waals surface area contributed by atoms with E-state index in [1.807, 2.05) is 41.1 Å². The highest BCUT2D eigenvalue weighted by Crippen LogP contribution is 2.26. The lowest BCUT2D eigenvalue weighted by atomic mass is 10.0. The maximum atomic E-state index is 12.0. The highest BCUT2D eigenvalue weighted by Gasteiger charge is 2.16. The molecule has 0 fully saturated rings. The number of aromatic nitrogens is 3. The summed E-state index contributed by atoms with van der Waals surface area (Å²) >= 11 is 0. The quantitative estimate of drug-likeness (QED) is 0.683. The molecule has 4 heteroatoms. The van der Waals surface area contributed by atoms with Gasteiger partial charge in [0.25, 0.3) is 0 Å². The molecule has 0 saturated carbocycles. The topological polar surface area (TPSA) is 47.8 Å². The minimum absolute atomic E-state index is 0.0305. The second kappa shape index (κ2) is 5.13. The maximum Gasteiger partial charge on any atom is 0.160 e. The zero-order chi connectivity index (χ0) is 15.0. The van der Waals surface area contributed by atoms with Crippen molar-refractivity contribution in [3.05, 3.63) is 48.2 Å². The first kappa shape index (κ1) is 13.5. The summed E-state index contributed by atoms with van der Waals surface area (Å²) in [6, 6.07) is 11.9. The molecule has 0 aliphatic rings. The number of Topliss-reactive ketones (excluding diaryl/α,β-unsaturated/α-hetero) is 1. The summed E-state index contributed by atoms with van der Waals surface area (Å²) in [6.07, 6.45) is 1.73. The fourth-order valence-electron chi connectivity index (χ4n) is 2.44. The fourth-order valence-corrected chi connectivity index (χ4v) is 2.44. The van der Waals surface area contributed by atoms with Crippen LogP contribution in [0.3, 0.4) is 0 Å². The number of carbonyl (C=O) groups excluding carboxylic acids is 1. The average molecular weight is 279 g/mol. The van der Waals surface area contributed by atoms with Crippen LogP contribution in [0.25, 0.3) is 22.3 Å². The van der Waals surface area contributed by atoms with Crippen molar-refractivity contribution in [1.29, 1.82) is 0 Å². The van der Waals surface area contributed by atoms with Crippen molar-refractivity contribution in [2.24, 2.45) is 0 Å². The third kappa shape index (κ3) is 2.33. The van der Waals surface area contributed by atoms with Gasteiger partial charge in [0.05, 0.1) is 11.9 Å². The maximum absolute atomic E-state index is 12.0. The molecule has 0 aliphatic carbocycles. The molecule has 2 heterocycles. The van der Waals surface area contributed by atoms with Crippen molar-refractivity contribution in [2.45, 2.75) is 26.8 Å². The number of ketones is 1. The predicted octanol–water partition coefficient (Wildman–Crippen LogP) is 3.88. The van der Waals surface area contributed by atoms with Crippen LogP contribution in [-0.4, -0.2) is 20.5 Å². The van der Waals surface area contributed by atoms with Gasteiger partial charge in [-0.25, -0.2) is 9.67 Å². The Bertz CT molecular complexity index is 804. The van der Waals surface area contributed by atoms with Gasteiger partial charge in [-0.05, 0) is 26.8 Å². The van der Waals surface area contributed by atoms with Gasteiger partial charge in [0, 0.05) is 22.6 Å². The van der Waals surface area contributed by atoms with Gasteiger partial charge in [-0.15, -0.1) is 0 Å². The molecular weight excluding hydrogens is 262 g/mol. The Labute approximate surface area is 123 Å². The number of carbonyl (C=O) groups is 1. The molecule has 4 nitrogen and oxygen atoms in total. The largest absolute Gasteiger partial charge is 0.294 e. The number of hydrogen-bond donors (Lipinski definition) is 0. The van der Waals surface area contributed by atoms with Crippen molar-refractivity contribution in [2.75, 3.05) is 0 Å². The van der Waals surface area contributed by atoms with Crippen LogP contribution in [0.1, 0.15) is 37.2 Å². The third-order valence-corrected chi connectivity index (χ3v) is 3.50. The van der Waals surface area contributed by atoms with E-state index in [9.17, 15) is 4.79 Å². The van der Waals surface area contributed by atoms with Crippen molar-refractivity contribution in [3.8, 4) is 11.3 Å². The summed E-state index contributed by atoms with van der Waals surface area (Å²) in [5.41, 5.74) is 3.23. The number of fused-ring (bicyclic) bond motifs is 1. The summed E-state index contributed by atoms with van der Waals surface area (Å²) in [4.78, 5) is 16.7. The molecule has 3 aromatic rings. The molecule has 0 bridgehead atoms. The number of hydrogen-bond acceptors (Lipinski definition) is 3. The highest BCUT2D eigenvalue weighted by molar-refractivity contribution is 6.06. The van der Waals surface area contributed by atoms with E-state index in [2.05, 4.69) is 18.9 Å². The van der Waals surface area contributed by atoms with E-state index in [1.54, 1.807) is 13.1 Å². The molecule has 2 aromatic heterocycles. The van der Waals surface area contributed by atoms with E-state index in [4.69, 9.17) is 4.98 Å². The van der Waals surface area contributed by atoms with Gasteiger partial charge < -0.3 is 0 Å². The Hall–Kier alpha value is -2.49. The smallest absolute Gasteiger partial charge is 0.160 e. The van der Waals surface area contributed by atoms with E-state index in [0.29, 0.717) is 5.56 Å². The Morgan fingerprint density at radius 1 is 1.19 bits per heavy atom. The molecule has 0 amide bonds. The predicted molar refractivity (Wildman–Crippen MR) is 83.4 cm³/mol. The highest BCUT2D eigenvalue weighted by atomic mass is 16.1. The van der Waals surface area contributed by atoms with E-state index >= 15 is 0 Å². The van der Waals surface area contributed by atoms with E-state index in [1.165, 1.54) is 0 Å². The lowest BCUT2D eigenvalue weighted by molar-refractivity contribution is 0.101. The summed E-state index contributed by atoms with van der Waals surface area (Å²) in [5.74, 6) is 0.0305. The van der Waals surface area contributed by atoms with Crippen LogP contribution >= 0.6 is 0 Å². The third-order valence-electron chi connectivity index (χ3n) is 3.50. The summed E-state index contributed by atoms with van der Waals surface area (Å²) in [7, 11) is 0. The molecule has 3 rings (SSSR count). The van der Waals surface area contributed by atoms with Crippen LogP contribution in [-0.2, 0) is 0 Å². The second-order valence-electron chi connectivity index (χ2n) is 5.40. The normalized spacial score (nSPS) is 11.2. The van der Waals surface area contributed by atoms with Crippen molar-refractivity contribution < 1.29 is 4.79 Å². The molecular formula is C17H17N3O. The van der Waals surface area contributed by atoms with Gasteiger partial charge in [0.15, 0.2) is 11.4 Å². The Kier molecular flexibility index (Phi) is 3.29. The van der Waals surface area contributed by atoms with Gasteiger partial charge in [0.2, 0.25) is 0 Å². The minimum atomic E-state index is 0.0305. The fraction of sp³-hybridized carbons (Fsp3) is 0.235. The zero-order valence-corrected chi connectivity index (χ0v) is 12.4. The standard InChI is InChI=1S/C17H17N3O/c1-11(2)20-17-15(10-18-20)14(12(3)21)9-16(19-17)13-7-5-4-6-8-13/h4-11H,1-3H3. The summed E-state index contributed by atoms with van der Waals surface area (Å²) < 4.78 is 1.86.